The molecule has 0 spiro atoms. The maximum Gasteiger partial charge on any atom is 0.405 e. The molecule has 1 amide bonds. The molecule has 4 nitrogen and oxygen atoms in total. The minimum absolute atomic E-state index is 0.119. The van der Waals surface area contributed by atoms with Crippen LogP contribution < -0.4 is 5.32 Å². The normalized spacial score (nSPS) is 19.7. The van der Waals surface area contributed by atoms with E-state index in [1.807, 2.05) is 6.92 Å². The van der Waals surface area contributed by atoms with Gasteiger partial charge in [-0.25, -0.2) is 4.79 Å². The summed E-state index contributed by atoms with van der Waals surface area (Å²) in [6, 6.07) is 19.0. The first-order valence-electron chi connectivity index (χ1n) is 9.94. The molecule has 0 fully saturated rings. The van der Waals surface area contributed by atoms with Gasteiger partial charge in [-0.1, -0.05) is 48.5 Å². The van der Waals surface area contributed by atoms with Gasteiger partial charge in [0.05, 0.1) is 12.1 Å². The molecule has 2 aliphatic rings. The third-order valence-electron chi connectivity index (χ3n) is 6.24. The maximum atomic E-state index is 11.8. The van der Waals surface area contributed by atoms with Crippen LogP contribution in [0.4, 0.5) is 4.79 Å². The van der Waals surface area contributed by atoms with Gasteiger partial charge in [0.15, 0.2) is 0 Å². The number of nitrogens with one attached hydrogen (secondary N) is 1. The number of rotatable bonds is 4. The number of hydrogen-bond acceptors (Lipinski definition) is 3. The number of amides is 1. The van der Waals surface area contributed by atoms with Gasteiger partial charge >= 0.3 is 6.09 Å². The van der Waals surface area contributed by atoms with Gasteiger partial charge in [-0.3, -0.25) is 0 Å². The third-order valence-corrected chi connectivity index (χ3v) is 7.24. The first kappa shape index (κ1) is 18.4. The van der Waals surface area contributed by atoms with Crippen LogP contribution in [-0.2, 0) is 11.2 Å². The number of hydrogen-bond donors (Lipinski definition) is 2. The molecule has 1 aliphatic carbocycles. The molecule has 2 N–H and O–H groups in total. The average Bonchev–Trinajstić information content (AvgIpc) is 3.31. The van der Waals surface area contributed by atoms with E-state index in [2.05, 4.69) is 65.3 Å². The summed E-state index contributed by atoms with van der Waals surface area (Å²) in [4.78, 5) is 13.0. The van der Waals surface area contributed by atoms with Gasteiger partial charge in [-0.15, -0.1) is 11.3 Å². The predicted molar refractivity (Wildman–Crippen MR) is 115 cm³/mol. The molecule has 0 radical (unpaired) electrons. The van der Waals surface area contributed by atoms with Gasteiger partial charge in [0.25, 0.3) is 0 Å². The average molecular weight is 406 g/mol. The zero-order valence-corrected chi connectivity index (χ0v) is 17.0. The van der Waals surface area contributed by atoms with Gasteiger partial charge in [0.2, 0.25) is 0 Å². The Labute approximate surface area is 174 Å². The van der Waals surface area contributed by atoms with Gasteiger partial charge in [-0.2, -0.15) is 0 Å². The fourth-order valence-corrected chi connectivity index (χ4v) is 6.14. The summed E-state index contributed by atoms with van der Waals surface area (Å²) in [7, 11) is 0. The summed E-state index contributed by atoms with van der Waals surface area (Å²) in [6.07, 6.45) is 0.213. The van der Waals surface area contributed by atoms with Crippen molar-refractivity contribution in [3.8, 4) is 11.1 Å². The molecule has 148 valence electrons. The van der Waals surface area contributed by atoms with E-state index < -0.39 is 11.6 Å². The van der Waals surface area contributed by atoms with E-state index in [1.54, 1.807) is 11.3 Å². The molecular formula is C24H23NO3S. The lowest BCUT2D eigenvalue weighted by molar-refractivity contribution is -0.0203. The Morgan fingerprint density at radius 3 is 2.45 bits per heavy atom. The highest BCUT2D eigenvalue weighted by Crippen LogP contribution is 2.50. The minimum Gasteiger partial charge on any atom is -0.465 e. The predicted octanol–water partition coefficient (Wildman–Crippen LogP) is 5.59. The van der Waals surface area contributed by atoms with Crippen LogP contribution in [0.5, 0.6) is 0 Å². The van der Waals surface area contributed by atoms with Gasteiger partial charge in [0, 0.05) is 10.8 Å². The fraction of sp³-hybridized carbons (Fsp3) is 0.292. The lowest BCUT2D eigenvalue weighted by atomic mass is 9.78. The van der Waals surface area contributed by atoms with Crippen LogP contribution >= 0.6 is 11.3 Å². The lowest BCUT2D eigenvalue weighted by Gasteiger charge is -2.41. The van der Waals surface area contributed by atoms with Crippen molar-refractivity contribution in [2.45, 2.75) is 37.3 Å². The number of benzene rings is 2. The van der Waals surface area contributed by atoms with Crippen LogP contribution in [0.15, 0.2) is 60.0 Å². The van der Waals surface area contributed by atoms with Crippen molar-refractivity contribution in [2.24, 2.45) is 0 Å². The molecule has 2 atom stereocenters. The second-order valence-corrected chi connectivity index (χ2v) is 9.04. The highest BCUT2D eigenvalue weighted by Gasteiger charge is 2.44. The molecule has 2 unspecified atom stereocenters. The summed E-state index contributed by atoms with van der Waals surface area (Å²) < 4.78 is 6.20. The van der Waals surface area contributed by atoms with Crippen LogP contribution in [0.1, 0.15) is 46.9 Å². The van der Waals surface area contributed by atoms with Crippen molar-refractivity contribution < 1.29 is 14.6 Å². The van der Waals surface area contributed by atoms with Crippen molar-refractivity contribution in [1.29, 1.82) is 0 Å². The van der Waals surface area contributed by atoms with E-state index >= 15 is 0 Å². The highest BCUT2D eigenvalue weighted by atomic mass is 32.1. The zero-order valence-electron chi connectivity index (χ0n) is 16.2. The maximum absolute atomic E-state index is 11.8. The summed E-state index contributed by atoms with van der Waals surface area (Å²) in [5.74, 6) is 0.119. The largest absolute Gasteiger partial charge is 0.465 e. The van der Waals surface area contributed by atoms with Crippen molar-refractivity contribution in [1.82, 2.24) is 5.32 Å². The van der Waals surface area contributed by atoms with Crippen molar-refractivity contribution in [3.05, 3.63) is 81.5 Å². The monoisotopic (exact) mass is 405 g/mol. The van der Waals surface area contributed by atoms with E-state index in [1.165, 1.54) is 27.8 Å². The molecule has 5 heteroatoms. The summed E-state index contributed by atoms with van der Waals surface area (Å²) in [6.45, 7) is 2.60. The van der Waals surface area contributed by atoms with Gasteiger partial charge < -0.3 is 15.2 Å². The van der Waals surface area contributed by atoms with Crippen LogP contribution in [0.2, 0.25) is 0 Å². The molecular weight excluding hydrogens is 382 g/mol. The zero-order chi connectivity index (χ0) is 20.0. The topological polar surface area (TPSA) is 58.6 Å². The van der Waals surface area contributed by atoms with Crippen molar-refractivity contribution >= 4 is 17.4 Å². The third kappa shape index (κ3) is 3.05. The second kappa shape index (κ2) is 7.01. The Morgan fingerprint density at radius 2 is 1.79 bits per heavy atom. The van der Waals surface area contributed by atoms with E-state index in [-0.39, 0.29) is 12.0 Å². The summed E-state index contributed by atoms with van der Waals surface area (Å²) in [5.41, 5.74) is 5.53. The molecule has 3 aromatic rings. The van der Waals surface area contributed by atoms with Crippen molar-refractivity contribution in [3.63, 3.8) is 0 Å². The number of ether oxygens (including phenoxy) is 1. The number of carboxylic acid groups (broad SMARTS) is 1. The standard InChI is InChI=1S/C24H23NO3S/c1-24(25-23(26)27,22-21-15(10-12-28-22)11-13-29-21)14-20-18-8-4-2-6-16(18)17-7-3-5-9-19(17)20/h2-9,11,13,20,22,25H,10,12,14H2,1H3,(H,26,27). The highest BCUT2D eigenvalue weighted by molar-refractivity contribution is 7.10. The fourth-order valence-electron chi connectivity index (χ4n) is 4.99. The number of fused-ring (bicyclic) bond motifs is 4. The van der Waals surface area contributed by atoms with Gasteiger partial charge in [-0.05, 0) is 59.0 Å². The molecule has 0 bridgehead atoms. The van der Waals surface area contributed by atoms with Crippen molar-refractivity contribution in [2.75, 3.05) is 6.61 Å². The minimum atomic E-state index is -1.01. The van der Waals surface area contributed by atoms with Crippen LogP contribution in [0.3, 0.4) is 0 Å². The summed E-state index contributed by atoms with van der Waals surface area (Å²) in [5, 5.41) is 14.6. The molecule has 0 saturated heterocycles. The quantitative estimate of drug-likeness (QED) is 0.595. The van der Waals surface area contributed by atoms with E-state index in [0.717, 1.165) is 11.3 Å². The Bertz CT molecular complexity index is 1030. The second-order valence-electron chi connectivity index (χ2n) is 8.09. The first-order valence-corrected chi connectivity index (χ1v) is 10.8. The Balaban J connectivity index is 1.59. The molecule has 1 aromatic heterocycles. The molecule has 2 heterocycles. The lowest BCUT2D eigenvalue weighted by Crippen LogP contribution is -2.52. The van der Waals surface area contributed by atoms with Crippen LogP contribution in [0, 0.1) is 0 Å². The van der Waals surface area contributed by atoms with Crippen LogP contribution in [-0.4, -0.2) is 23.3 Å². The molecule has 2 aromatic carbocycles. The van der Waals surface area contributed by atoms with E-state index in [9.17, 15) is 9.90 Å². The Morgan fingerprint density at radius 1 is 1.14 bits per heavy atom. The Kier molecular flexibility index (Phi) is 4.45. The summed E-state index contributed by atoms with van der Waals surface area (Å²) >= 11 is 1.66. The molecule has 1 aliphatic heterocycles. The molecule has 5 rings (SSSR count). The van der Waals surface area contributed by atoms with Gasteiger partial charge in [0.1, 0.15) is 6.10 Å². The Hall–Kier alpha value is -2.63. The number of carbonyl (C=O) groups is 1. The number of thiophene rings is 1. The van der Waals surface area contributed by atoms with Crippen LogP contribution in [0.25, 0.3) is 11.1 Å². The van der Waals surface area contributed by atoms with E-state index in [4.69, 9.17) is 4.74 Å². The SMILES string of the molecule is CC(CC1c2ccccc2-c2ccccc21)(NC(=O)O)C1OCCc2ccsc21. The van der Waals surface area contributed by atoms with E-state index in [0.29, 0.717) is 13.0 Å². The molecule has 0 saturated carbocycles. The smallest absolute Gasteiger partial charge is 0.405 e. The first-order chi connectivity index (χ1) is 14.1. The molecule has 29 heavy (non-hydrogen) atoms.